The van der Waals surface area contributed by atoms with Gasteiger partial charge in [-0.1, -0.05) is 49.4 Å². The summed E-state index contributed by atoms with van der Waals surface area (Å²) in [5, 5.41) is 12.2. The Morgan fingerprint density at radius 1 is 1.13 bits per heavy atom. The minimum absolute atomic E-state index is 0.123. The number of carboxylic acid groups (broad SMARTS) is 1. The molecule has 0 aliphatic heterocycles. The average Bonchev–Trinajstić information content (AvgIpc) is 3.30. The van der Waals surface area contributed by atoms with E-state index in [2.05, 4.69) is 12.2 Å². The van der Waals surface area contributed by atoms with Crippen molar-refractivity contribution in [3.8, 4) is 11.1 Å². The van der Waals surface area contributed by atoms with E-state index in [-0.39, 0.29) is 17.4 Å². The van der Waals surface area contributed by atoms with Crippen molar-refractivity contribution >= 4 is 11.9 Å². The first-order valence-electron chi connectivity index (χ1n) is 7.75. The van der Waals surface area contributed by atoms with Gasteiger partial charge in [-0.05, 0) is 35.1 Å². The first-order valence-corrected chi connectivity index (χ1v) is 7.75. The maximum Gasteiger partial charge on any atom is 0.336 e. The van der Waals surface area contributed by atoms with Crippen LogP contribution in [0.4, 0.5) is 0 Å². The van der Waals surface area contributed by atoms with E-state index in [1.165, 1.54) is 0 Å². The van der Waals surface area contributed by atoms with Crippen LogP contribution in [-0.2, 0) is 11.3 Å². The summed E-state index contributed by atoms with van der Waals surface area (Å²) in [7, 11) is 0. The molecule has 0 heterocycles. The van der Waals surface area contributed by atoms with Crippen LogP contribution >= 0.6 is 0 Å². The maximum atomic E-state index is 11.8. The van der Waals surface area contributed by atoms with E-state index < -0.39 is 5.97 Å². The highest BCUT2D eigenvalue weighted by Gasteiger charge is 2.38. The zero-order valence-electron chi connectivity index (χ0n) is 13.0. The van der Waals surface area contributed by atoms with E-state index in [4.69, 9.17) is 0 Å². The van der Waals surface area contributed by atoms with Crippen LogP contribution in [-0.4, -0.2) is 17.0 Å². The zero-order valence-corrected chi connectivity index (χ0v) is 13.0. The lowest BCUT2D eigenvalue weighted by Crippen LogP contribution is -2.24. The van der Waals surface area contributed by atoms with Gasteiger partial charge in [0.2, 0.25) is 5.91 Å². The normalized spacial score (nSPS) is 19.2. The van der Waals surface area contributed by atoms with Crippen LogP contribution in [0.3, 0.4) is 0 Å². The fraction of sp³-hybridized carbons (Fsp3) is 0.263. The van der Waals surface area contributed by atoms with Crippen molar-refractivity contribution in [2.75, 3.05) is 0 Å². The Morgan fingerprint density at radius 3 is 2.39 bits per heavy atom. The molecule has 2 atom stereocenters. The third kappa shape index (κ3) is 3.42. The van der Waals surface area contributed by atoms with Gasteiger partial charge in [-0.2, -0.15) is 0 Å². The van der Waals surface area contributed by atoms with Gasteiger partial charge in [0.1, 0.15) is 0 Å². The van der Waals surface area contributed by atoms with E-state index in [9.17, 15) is 14.7 Å². The molecule has 0 radical (unpaired) electrons. The van der Waals surface area contributed by atoms with Crippen LogP contribution in [0.15, 0.2) is 48.5 Å². The van der Waals surface area contributed by atoms with Gasteiger partial charge < -0.3 is 10.4 Å². The van der Waals surface area contributed by atoms with E-state index in [1.54, 1.807) is 18.2 Å². The predicted molar refractivity (Wildman–Crippen MR) is 88.0 cm³/mol. The summed E-state index contributed by atoms with van der Waals surface area (Å²) in [5.74, 6) is -0.130. The largest absolute Gasteiger partial charge is 0.478 e. The summed E-state index contributed by atoms with van der Waals surface area (Å²) in [6, 6.07) is 14.6. The monoisotopic (exact) mass is 309 g/mol. The third-order valence-corrected chi connectivity index (χ3v) is 4.34. The second-order valence-electron chi connectivity index (χ2n) is 6.08. The van der Waals surface area contributed by atoms with Crippen molar-refractivity contribution < 1.29 is 14.7 Å². The highest BCUT2D eigenvalue weighted by molar-refractivity contribution is 5.96. The molecular formula is C19H19NO3. The number of rotatable bonds is 5. The number of carbonyl (C=O) groups is 2. The molecule has 4 heteroatoms. The molecule has 2 aromatic rings. The maximum absolute atomic E-state index is 11.8. The van der Waals surface area contributed by atoms with Gasteiger partial charge in [-0.25, -0.2) is 4.79 Å². The fourth-order valence-corrected chi connectivity index (χ4v) is 2.73. The topological polar surface area (TPSA) is 66.4 Å². The zero-order chi connectivity index (χ0) is 16.4. The van der Waals surface area contributed by atoms with Gasteiger partial charge in [-0.3, -0.25) is 4.79 Å². The summed E-state index contributed by atoms with van der Waals surface area (Å²) < 4.78 is 0. The quantitative estimate of drug-likeness (QED) is 0.890. The number of carboxylic acids is 1. The first-order chi connectivity index (χ1) is 11.1. The number of amides is 1. The number of nitrogens with one attached hydrogen (secondary N) is 1. The Morgan fingerprint density at radius 2 is 1.78 bits per heavy atom. The Labute approximate surface area is 135 Å². The Hall–Kier alpha value is -2.62. The summed E-state index contributed by atoms with van der Waals surface area (Å²) in [6.45, 7) is 2.59. The van der Waals surface area contributed by atoms with E-state index in [0.29, 0.717) is 18.0 Å². The Bertz CT molecular complexity index is 737. The minimum atomic E-state index is -0.935. The first kappa shape index (κ1) is 15.3. The van der Waals surface area contributed by atoms with Crippen molar-refractivity contribution in [3.63, 3.8) is 0 Å². The Kier molecular flexibility index (Phi) is 4.15. The van der Waals surface area contributed by atoms with E-state index in [0.717, 1.165) is 17.5 Å². The fourth-order valence-electron chi connectivity index (χ4n) is 2.73. The average molecular weight is 309 g/mol. The molecule has 0 bridgehead atoms. The summed E-state index contributed by atoms with van der Waals surface area (Å²) >= 11 is 0. The molecule has 1 amide bonds. The van der Waals surface area contributed by atoms with E-state index >= 15 is 0 Å². The minimum Gasteiger partial charge on any atom is -0.478 e. The molecule has 2 unspecified atom stereocenters. The van der Waals surface area contributed by atoms with Gasteiger partial charge in [-0.15, -0.1) is 0 Å². The number of carbonyl (C=O) groups excluding carboxylic acids is 1. The second-order valence-corrected chi connectivity index (χ2v) is 6.08. The van der Waals surface area contributed by atoms with Crippen molar-refractivity contribution in [1.29, 1.82) is 0 Å². The van der Waals surface area contributed by atoms with Gasteiger partial charge >= 0.3 is 5.97 Å². The standard InChI is InChI=1S/C19H19NO3/c1-12-10-17(12)18(21)20-11-13-6-8-14(9-7-13)15-4-2-3-5-16(15)19(22)23/h2-9,12,17H,10-11H2,1H3,(H,20,21)(H,22,23). The molecule has 23 heavy (non-hydrogen) atoms. The van der Waals surface area contributed by atoms with Crippen LogP contribution in [0.5, 0.6) is 0 Å². The number of hydrogen-bond acceptors (Lipinski definition) is 2. The van der Waals surface area contributed by atoms with Crippen molar-refractivity contribution in [2.45, 2.75) is 19.9 Å². The molecule has 2 N–H and O–H groups in total. The summed E-state index contributed by atoms with van der Waals surface area (Å²) in [5.41, 5.74) is 2.84. The van der Waals surface area contributed by atoms with Crippen LogP contribution in [0.1, 0.15) is 29.3 Å². The van der Waals surface area contributed by atoms with E-state index in [1.807, 2.05) is 30.3 Å². The lowest BCUT2D eigenvalue weighted by molar-refractivity contribution is -0.122. The number of hydrogen-bond donors (Lipinski definition) is 2. The van der Waals surface area contributed by atoms with Crippen LogP contribution in [0.2, 0.25) is 0 Å². The molecule has 2 aromatic carbocycles. The van der Waals surface area contributed by atoms with Gasteiger partial charge in [0.15, 0.2) is 0 Å². The molecule has 0 spiro atoms. The molecule has 1 aliphatic carbocycles. The number of benzene rings is 2. The van der Waals surface area contributed by atoms with Crippen molar-refractivity contribution in [1.82, 2.24) is 5.32 Å². The smallest absolute Gasteiger partial charge is 0.336 e. The molecule has 1 aliphatic rings. The molecule has 3 rings (SSSR count). The van der Waals surface area contributed by atoms with Gasteiger partial charge in [0, 0.05) is 12.5 Å². The molecule has 1 saturated carbocycles. The van der Waals surface area contributed by atoms with Crippen LogP contribution < -0.4 is 5.32 Å². The molecule has 0 aromatic heterocycles. The van der Waals surface area contributed by atoms with Crippen LogP contribution in [0, 0.1) is 11.8 Å². The predicted octanol–water partition coefficient (Wildman–Crippen LogP) is 3.32. The SMILES string of the molecule is CC1CC1C(=O)NCc1ccc(-c2ccccc2C(=O)O)cc1. The molecule has 4 nitrogen and oxygen atoms in total. The second kappa shape index (κ2) is 6.24. The van der Waals surface area contributed by atoms with Gasteiger partial charge in [0.05, 0.1) is 5.56 Å². The molecule has 1 fully saturated rings. The lowest BCUT2D eigenvalue weighted by atomic mass is 9.99. The third-order valence-electron chi connectivity index (χ3n) is 4.34. The molecular weight excluding hydrogens is 290 g/mol. The van der Waals surface area contributed by atoms with Gasteiger partial charge in [0.25, 0.3) is 0 Å². The molecule has 118 valence electrons. The van der Waals surface area contributed by atoms with Crippen molar-refractivity contribution in [2.24, 2.45) is 11.8 Å². The Balaban J connectivity index is 1.70. The highest BCUT2D eigenvalue weighted by atomic mass is 16.4. The highest BCUT2D eigenvalue weighted by Crippen LogP contribution is 2.37. The number of aromatic carboxylic acids is 1. The summed E-state index contributed by atoms with van der Waals surface area (Å²) in [4.78, 5) is 23.1. The van der Waals surface area contributed by atoms with Crippen LogP contribution in [0.25, 0.3) is 11.1 Å². The van der Waals surface area contributed by atoms with Crippen molar-refractivity contribution in [3.05, 3.63) is 59.7 Å². The lowest BCUT2D eigenvalue weighted by Gasteiger charge is -2.08. The molecule has 0 saturated heterocycles. The summed E-state index contributed by atoms with van der Waals surface area (Å²) in [6.07, 6.45) is 0.983.